The average molecular weight is 399 g/mol. The highest BCUT2D eigenvalue weighted by atomic mass is 32.1. The molecule has 0 bridgehead atoms. The molecule has 0 aliphatic carbocycles. The highest BCUT2D eigenvalue weighted by Gasteiger charge is 2.13. The topological polar surface area (TPSA) is 111 Å². The lowest BCUT2D eigenvalue weighted by molar-refractivity contribution is 0.0696. The van der Waals surface area contributed by atoms with Crippen LogP contribution in [0.15, 0.2) is 47.3 Å². The molecule has 0 atom stereocenters. The van der Waals surface area contributed by atoms with Gasteiger partial charge < -0.3 is 19.9 Å². The molecule has 144 valence electrons. The summed E-state index contributed by atoms with van der Waals surface area (Å²) < 4.78 is 10.8. The third-order valence-electron chi connectivity index (χ3n) is 3.72. The molecule has 0 saturated carbocycles. The van der Waals surface area contributed by atoms with E-state index in [4.69, 9.17) is 14.6 Å². The van der Waals surface area contributed by atoms with E-state index in [2.05, 4.69) is 15.3 Å². The maximum atomic E-state index is 12.5. The number of aromatic carboxylic acids is 1. The lowest BCUT2D eigenvalue weighted by atomic mass is 10.2. The van der Waals surface area contributed by atoms with Gasteiger partial charge >= 0.3 is 5.97 Å². The zero-order valence-corrected chi connectivity index (χ0v) is 15.7. The van der Waals surface area contributed by atoms with Crippen LogP contribution in [0, 0.1) is 0 Å². The number of carboxylic acids is 1. The number of hydrogen-bond acceptors (Lipinski definition) is 7. The molecule has 0 unspecified atom stereocenters. The Morgan fingerprint density at radius 3 is 2.64 bits per heavy atom. The Morgan fingerprint density at radius 2 is 2.00 bits per heavy atom. The molecule has 28 heavy (non-hydrogen) atoms. The fraction of sp³-hybridized carbons (Fsp3) is 0.158. The number of nitrogens with zero attached hydrogens (tertiary/aromatic N) is 2. The number of carboxylic acid groups (broad SMARTS) is 1. The second kappa shape index (κ2) is 8.96. The van der Waals surface area contributed by atoms with E-state index >= 15 is 0 Å². The summed E-state index contributed by atoms with van der Waals surface area (Å²) in [6.07, 6.45) is 1.90. The van der Waals surface area contributed by atoms with Gasteiger partial charge in [0.1, 0.15) is 5.82 Å². The second-order valence-electron chi connectivity index (χ2n) is 5.66. The number of ether oxygens (including phenoxy) is 2. The van der Waals surface area contributed by atoms with Crippen LogP contribution >= 0.6 is 11.3 Å². The van der Waals surface area contributed by atoms with Gasteiger partial charge in [-0.15, -0.1) is 0 Å². The van der Waals surface area contributed by atoms with Gasteiger partial charge in [-0.25, -0.2) is 9.78 Å². The molecule has 0 saturated heterocycles. The van der Waals surface area contributed by atoms with Crippen molar-refractivity contribution in [2.24, 2.45) is 0 Å². The van der Waals surface area contributed by atoms with Crippen LogP contribution in [0.5, 0.6) is 11.8 Å². The van der Waals surface area contributed by atoms with Gasteiger partial charge in [0.2, 0.25) is 11.8 Å². The normalized spacial score (nSPS) is 10.3. The summed E-state index contributed by atoms with van der Waals surface area (Å²) >= 11 is 1.62. The lowest BCUT2D eigenvalue weighted by Gasteiger charge is -2.10. The highest BCUT2D eigenvalue weighted by molar-refractivity contribution is 7.07. The summed E-state index contributed by atoms with van der Waals surface area (Å²) in [5, 5.41) is 15.5. The summed E-state index contributed by atoms with van der Waals surface area (Å²) in [4.78, 5) is 31.5. The van der Waals surface area contributed by atoms with Crippen LogP contribution in [-0.4, -0.2) is 40.7 Å². The SMILES string of the molecule is COc1cc(C(=O)Nc2ccc(C(=O)O)cn2)cc(OCCc2ccsc2)n1. The molecule has 0 fully saturated rings. The number of amides is 1. The molecule has 3 heterocycles. The van der Waals surface area contributed by atoms with E-state index < -0.39 is 11.9 Å². The van der Waals surface area contributed by atoms with Crippen molar-refractivity contribution in [2.45, 2.75) is 6.42 Å². The summed E-state index contributed by atoms with van der Waals surface area (Å²) in [6, 6.07) is 7.79. The first-order valence-corrected chi connectivity index (χ1v) is 9.20. The molecule has 0 spiro atoms. The van der Waals surface area contributed by atoms with Crippen molar-refractivity contribution in [3.05, 3.63) is 64.0 Å². The van der Waals surface area contributed by atoms with Crippen LogP contribution in [-0.2, 0) is 6.42 Å². The third kappa shape index (κ3) is 5.04. The van der Waals surface area contributed by atoms with Crippen molar-refractivity contribution < 1.29 is 24.2 Å². The largest absolute Gasteiger partial charge is 0.481 e. The Balaban J connectivity index is 1.68. The quantitative estimate of drug-likeness (QED) is 0.599. The van der Waals surface area contributed by atoms with Gasteiger partial charge in [0.15, 0.2) is 0 Å². The minimum Gasteiger partial charge on any atom is -0.481 e. The van der Waals surface area contributed by atoms with Crippen molar-refractivity contribution >= 4 is 29.0 Å². The Kier molecular flexibility index (Phi) is 6.18. The maximum absolute atomic E-state index is 12.5. The number of carbonyl (C=O) groups excluding carboxylic acids is 1. The molecule has 1 amide bonds. The number of thiophene rings is 1. The van der Waals surface area contributed by atoms with E-state index in [1.165, 1.54) is 43.1 Å². The summed E-state index contributed by atoms with van der Waals surface area (Å²) in [5.41, 5.74) is 1.48. The molecule has 3 rings (SSSR count). The number of methoxy groups -OCH3 is 1. The van der Waals surface area contributed by atoms with E-state index in [-0.39, 0.29) is 28.7 Å². The number of pyridine rings is 2. The number of hydrogen-bond donors (Lipinski definition) is 2. The summed E-state index contributed by atoms with van der Waals surface area (Å²) in [5.74, 6) is -0.792. The van der Waals surface area contributed by atoms with E-state index in [1.54, 1.807) is 11.3 Å². The predicted octanol–water partition coefficient (Wildman–Crippen LogP) is 3.12. The highest BCUT2D eigenvalue weighted by Crippen LogP contribution is 2.19. The molecule has 0 aliphatic heterocycles. The Hall–Kier alpha value is -3.46. The Morgan fingerprint density at radius 1 is 1.18 bits per heavy atom. The molecular formula is C19H17N3O5S. The maximum Gasteiger partial charge on any atom is 0.337 e. The van der Waals surface area contributed by atoms with E-state index in [1.807, 2.05) is 16.8 Å². The van der Waals surface area contributed by atoms with Crippen LogP contribution in [0.25, 0.3) is 0 Å². The number of anilines is 1. The molecule has 3 aromatic heterocycles. The van der Waals surface area contributed by atoms with Crippen LogP contribution in [0.3, 0.4) is 0 Å². The first-order chi connectivity index (χ1) is 13.5. The Labute approximate surface area is 164 Å². The molecule has 9 heteroatoms. The fourth-order valence-electron chi connectivity index (χ4n) is 2.28. The molecule has 3 aromatic rings. The van der Waals surface area contributed by atoms with Gasteiger partial charge in [0, 0.05) is 24.8 Å². The molecule has 0 aliphatic rings. The monoisotopic (exact) mass is 399 g/mol. The van der Waals surface area contributed by atoms with E-state index in [9.17, 15) is 9.59 Å². The summed E-state index contributed by atoms with van der Waals surface area (Å²) in [7, 11) is 1.45. The number of aromatic nitrogens is 2. The first kappa shape index (κ1) is 19.3. The lowest BCUT2D eigenvalue weighted by Crippen LogP contribution is -2.14. The van der Waals surface area contributed by atoms with Crippen LogP contribution in [0.2, 0.25) is 0 Å². The summed E-state index contributed by atoms with van der Waals surface area (Å²) in [6.45, 7) is 0.413. The average Bonchev–Trinajstić information content (AvgIpc) is 3.21. The van der Waals surface area contributed by atoms with Gasteiger partial charge in [-0.2, -0.15) is 16.3 Å². The zero-order valence-electron chi connectivity index (χ0n) is 14.9. The van der Waals surface area contributed by atoms with Crippen molar-refractivity contribution in [3.63, 3.8) is 0 Å². The van der Waals surface area contributed by atoms with Crippen molar-refractivity contribution in [1.82, 2.24) is 9.97 Å². The Bertz CT molecular complexity index is 958. The van der Waals surface area contributed by atoms with Crippen LogP contribution in [0.4, 0.5) is 5.82 Å². The molecule has 0 aromatic carbocycles. The molecule has 2 N–H and O–H groups in total. The van der Waals surface area contributed by atoms with Gasteiger partial charge in [-0.05, 0) is 34.5 Å². The third-order valence-corrected chi connectivity index (χ3v) is 4.45. The van der Waals surface area contributed by atoms with Crippen LogP contribution < -0.4 is 14.8 Å². The minimum absolute atomic E-state index is 0.0323. The van der Waals surface area contributed by atoms with Gasteiger partial charge in [-0.1, -0.05) is 0 Å². The van der Waals surface area contributed by atoms with Gasteiger partial charge in [-0.3, -0.25) is 4.79 Å². The van der Waals surface area contributed by atoms with E-state index in [0.29, 0.717) is 6.61 Å². The standard InChI is InChI=1S/C19H17N3O5S/c1-26-16-8-14(9-17(22-16)27-6-4-12-5-7-28-11-12)18(23)21-15-3-2-13(10-20-15)19(24)25/h2-3,5,7-11H,4,6H2,1H3,(H,24,25)(H,20,21,23). The van der Waals surface area contributed by atoms with Crippen molar-refractivity contribution in [2.75, 3.05) is 19.0 Å². The van der Waals surface area contributed by atoms with Crippen molar-refractivity contribution in [1.29, 1.82) is 0 Å². The first-order valence-electron chi connectivity index (χ1n) is 8.26. The van der Waals surface area contributed by atoms with Gasteiger partial charge in [0.25, 0.3) is 5.91 Å². The predicted molar refractivity (Wildman–Crippen MR) is 103 cm³/mol. The number of nitrogens with one attached hydrogen (secondary N) is 1. The molecule has 0 radical (unpaired) electrons. The van der Waals surface area contributed by atoms with E-state index in [0.717, 1.165) is 6.42 Å². The second-order valence-corrected chi connectivity index (χ2v) is 6.44. The molecule has 8 nitrogen and oxygen atoms in total. The zero-order chi connectivity index (χ0) is 19.9. The smallest absolute Gasteiger partial charge is 0.337 e. The van der Waals surface area contributed by atoms with Gasteiger partial charge in [0.05, 0.1) is 24.8 Å². The number of rotatable bonds is 8. The fourth-order valence-corrected chi connectivity index (χ4v) is 2.98. The minimum atomic E-state index is -1.09. The van der Waals surface area contributed by atoms with Crippen LogP contribution in [0.1, 0.15) is 26.3 Å². The van der Waals surface area contributed by atoms with Crippen molar-refractivity contribution in [3.8, 4) is 11.8 Å². The molecular weight excluding hydrogens is 382 g/mol. The number of carbonyl (C=O) groups is 2.